The Bertz CT molecular complexity index is 506. The van der Waals surface area contributed by atoms with Gasteiger partial charge in [0.1, 0.15) is 11.9 Å². The monoisotopic (exact) mass is 315 g/mol. The zero-order valence-corrected chi connectivity index (χ0v) is 11.0. The van der Waals surface area contributed by atoms with E-state index in [1.807, 2.05) is 0 Å². The minimum atomic E-state index is -1.00. The number of likely N-dealkylation sites (tertiary alicyclic amines) is 1. The summed E-state index contributed by atoms with van der Waals surface area (Å²) < 4.78 is 13.3. The number of carbonyl (C=O) groups excluding carboxylic acids is 1. The van der Waals surface area contributed by atoms with Gasteiger partial charge in [-0.15, -0.1) is 0 Å². The van der Waals surface area contributed by atoms with Gasteiger partial charge in [0.2, 0.25) is 0 Å². The van der Waals surface area contributed by atoms with Crippen LogP contribution in [0.4, 0.5) is 4.39 Å². The summed E-state index contributed by atoms with van der Waals surface area (Å²) in [6.07, 6.45) is 1.13. The van der Waals surface area contributed by atoms with Crippen LogP contribution in [0.25, 0.3) is 0 Å². The van der Waals surface area contributed by atoms with Gasteiger partial charge < -0.3 is 10.0 Å². The van der Waals surface area contributed by atoms with Crippen molar-refractivity contribution in [2.45, 2.75) is 18.9 Å². The van der Waals surface area contributed by atoms with E-state index in [1.54, 1.807) is 0 Å². The molecule has 18 heavy (non-hydrogen) atoms. The Morgan fingerprint density at radius 2 is 2.17 bits per heavy atom. The second-order valence-electron chi connectivity index (χ2n) is 4.12. The molecule has 1 saturated heterocycles. The van der Waals surface area contributed by atoms with E-state index in [2.05, 4.69) is 15.9 Å². The van der Waals surface area contributed by atoms with Crippen LogP contribution in [0.3, 0.4) is 0 Å². The number of carboxylic acid groups (broad SMARTS) is 1. The lowest BCUT2D eigenvalue weighted by atomic mass is 10.1. The summed E-state index contributed by atoms with van der Waals surface area (Å²) in [7, 11) is 0. The third-order valence-corrected chi connectivity index (χ3v) is 3.62. The van der Waals surface area contributed by atoms with Gasteiger partial charge in [0.25, 0.3) is 5.91 Å². The van der Waals surface area contributed by atoms with Crippen molar-refractivity contribution in [2.75, 3.05) is 6.54 Å². The highest BCUT2D eigenvalue weighted by Crippen LogP contribution is 2.24. The molecule has 0 saturated carbocycles. The highest BCUT2D eigenvalue weighted by Gasteiger charge is 2.34. The number of carbonyl (C=O) groups is 2. The van der Waals surface area contributed by atoms with Crippen LogP contribution in [0, 0.1) is 5.82 Å². The smallest absolute Gasteiger partial charge is 0.326 e. The summed E-state index contributed by atoms with van der Waals surface area (Å²) in [5.74, 6) is -1.83. The standard InChI is InChI=1S/C12H11BrFNO3/c13-9-6-7(14)3-4-8(9)11(16)15-5-1-2-10(15)12(17)18/h3-4,6,10H,1-2,5H2,(H,17,18)/t10-/m0/s1. The largest absolute Gasteiger partial charge is 0.480 e. The van der Waals surface area contributed by atoms with Gasteiger partial charge in [-0.25, -0.2) is 9.18 Å². The molecular weight excluding hydrogens is 305 g/mol. The third-order valence-electron chi connectivity index (χ3n) is 2.96. The van der Waals surface area contributed by atoms with Crippen LogP contribution in [-0.4, -0.2) is 34.5 Å². The number of carboxylic acids is 1. The number of benzene rings is 1. The number of rotatable bonds is 2. The number of hydrogen-bond donors (Lipinski definition) is 1. The molecule has 2 rings (SSSR count). The normalized spacial score (nSPS) is 19.0. The Labute approximate surface area is 112 Å². The quantitative estimate of drug-likeness (QED) is 0.911. The number of aliphatic carboxylic acids is 1. The topological polar surface area (TPSA) is 57.6 Å². The Balaban J connectivity index is 2.28. The first-order valence-corrected chi connectivity index (χ1v) is 6.29. The fourth-order valence-electron chi connectivity index (χ4n) is 2.08. The zero-order valence-electron chi connectivity index (χ0n) is 9.40. The van der Waals surface area contributed by atoms with Crippen molar-refractivity contribution in [3.8, 4) is 0 Å². The molecule has 1 aromatic rings. The molecular formula is C12H11BrFNO3. The number of nitrogens with zero attached hydrogens (tertiary/aromatic N) is 1. The molecule has 96 valence electrons. The van der Waals surface area contributed by atoms with Gasteiger partial charge >= 0.3 is 5.97 Å². The highest BCUT2D eigenvalue weighted by molar-refractivity contribution is 9.10. The Morgan fingerprint density at radius 1 is 1.44 bits per heavy atom. The molecule has 4 nitrogen and oxygen atoms in total. The molecule has 1 aliphatic heterocycles. The number of amides is 1. The van der Waals surface area contributed by atoms with Crippen LogP contribution in [0.2, 0.25) is 0 Å². The first-order valence-electron chi connectivity index (χ1n) is 5.49. The summed E-state index contributed by atoms with van der Waals surface area (Å²) in [4.78, 5) is 24.5. The number of hydrogen-bond acceptors (Lipinski definition) is 2. The van der Waals surface area contributed by atoms with Crippen LogP contribution >= 0.6 is 15.9 Å². The van der Waals surface area contributed by atoms with E-state index in [0.29, 0.717) is 23.9 Å². The van der Waals surface area contributed by atoms with Crippen LogP contribution in [0.15, 0.2) is 22.7 Å². The van der Waals surface area contributed by atoms with E-state index in [4.69, 9.17) is 5.11 Å². The molecule has 1 heterocycles. The van der Waals surface area contributed by atoms with Crippen molar-refractivity contribution < 1.29 is 19.1 Å². The molecule has 1 aliphatic rings. The molecule has 1 fully saturated rings. The van der Waals surface area contributed by atoms with Crippen molar-refractivity contribution in [3.05, 3.63) is 34.1 Å². The molecule has 1 aromatic carbocycles. The van der Waals surface area contributed by atoms with Crippen molar-refractivity contribution in [3.63, 3.8) is 0 Å². The van der Waals surface area contributed by atoms with Gasteiger partial charge in [0, 0.05) is 11.0 Å². The molecule has 1 N–H and O–H groups in total. The lowest BCUT2D eigenvalue weighted by Crippen LogP contribution is -2.40. The molecule has 0 radical (unpaired) electrons. The lowest BCUT2D eigenvalue weighted by Gasteiger charge is -2.21. The van der Waals surface area contributed by atoms with E-state index >= 15 is 0 Å². The Hall–Kier alpha value is -1.43. The van der Waals surface area contributed by atoms with Gasteiger partial charge in [-0.05, 0) is 47.0 Å². The van der Waals surface area contributed by atoms with Crippen LogP contribution in [0.5, 0.6) is 0 Å². The Kier molecular flexibility index (Phi) is 3.65. The van der Waals surface area contributed by atoms with E-state index in [1.165, 1.54) is 23.1 Å². The molecule has 0 bridgehead atoms. The maximum atomic E-state index is 12.9. The van der Waals surface area contributed by atoms with E-state index in [-0.39, 0.29) is 11.5 Å². The summed E-state index contributed by atoms with van der Waals surface area (Å²) >= 11 is 3.12. The first-order chi connectivity index (χ1) is 8.50. The second-order valence-corrected chi connectivity index (χ2v) is 4.97. The summed E-state index contributed by atoms with van der Waals surface area (Å²) in [5, 5.41) is 9.03. The maximum Gasteiger partial charge on any atom is 0.326 e. The van der Waals surface area contributed by atoms with Gasteiger partial charge in [0.05, 0.1) is 5.56 Å². The molecule has 0 spiro atoms. The highest BCUT2D eigenvalue weighted by atomic mass is 79.9. The molecule has 1 amide bonds. The molecule has 1 atom stereocenters. The SMILES string of the molecule is O=C(O)[C@@H]1CCCN1C(=O)c1ccc(F)cc1Br. The van der Waals surface area contributed by atoms with Gasteiger partial charge in [0.15, 0.2) is 0 Å². The van der Waals surface area contributed by atoms with E-state index in [9.17, 15) is 14.0 Å². The fraction of sp³-hybridized carbons (Fsp3) is 0.333. The zero-order chi connectivity index (χ0) is 13.3. The average Bonchev–Trinajstić information content (AvgIpc) is 2.77. The van der Waals surface area contributed by atoms with Crippen molar-refractivity contribution in [1.82, 2.24) is 4.90 Å². The van der Waals surface area contributed by atoms with Crippen molar-refractivity contribution >= 4 is 27.8 Å². The predicted molar refractivity (Wildman–Crippen MR) is 65.8 cm³/mol. The third kappa shape index (κ3) is 2.38. The average molecular weight is 316 g/mol. The maximum absolute atomic E-state index is 12.9. The minimum Gasteiger partial charge on any atom is -0.480 e. The van der Waals surface area contributed by atoms with Gasteiger partial charge in [-0.3, -0.25) is 4.79 Å². The van der Waals surface area contributed by atoms with E-state index < -0.39 is 17.8 Å². The summed E-state index contributed by atoms with van der Waals surface area (Å²) in [6.45, 7) is 0.416. The molecule has 0 unspecified atom stereocenters. The minimum absolute atomic E-state index is 0.282. The lowest BCUT2D eigenvalue weighted by molar-refractivity contribution is -0.141. The van der Waals surface area contributed by atoms with Gasteiger partial charge in [-0.2, -0.15) is 0 Å². The van der Waals surface area contributed by atoms with Crippen LogP contribution in [-0.2, 0) is 4.79 Å². The first kappa shape index (κ1) is 13.0. The summed E-state index contributed by atoms with van der Waals surface area (Å²) in [5.41, 5.74) is 0.282. The fourth-order valence-corrected chi connectivity index (χ4v) is 2.60. The second kappa shape index (κ2) is 5.06. The van der Waals surface area contributed by atoms with Crippen molar-refractivity contribution in [1.29, 1.82) is 0 Å². The van der Waals surface area contributed by atoms with E-state index in [0.717, 1.165) is 0 Å². The number of halogens is 2. The van der Waals surface area contributed by atoms with Crippen molar-refractivity contribution in [2.24, 2.45) is 0 Å². The van der Waals surface area contributed by atoms with Crippen LogP contribution < -0.4 is 0 Å². The Morgan fingerprint density at radius 3 is 2.78 bits per heavy atom. The van der Waals surface area contributed by atoms with Gasteiger partial charge in [-0.1, -0.05) is 0 Å². The molecule has 0 aliphatic carbocycles. The molecule has 0 aromatic heterocycles. The summed E-state index contributed by atoms with van der Waals surface area (Å²) in [6, 6.07) is 2.96. The predicted octanol–water partition coefficient (Wildman–Crippen LogP) is 2.28. The molecule has 6 heteroatoms. The van der Waals surface area contributed by atoms with Crippen LogP contribution in [0.1, 0.15) is 23.2 Å².